The second-order valence-corrected chi connectivity index (χ2v) is 11.7. The molecule has 0 bridgehead atoms. The van der Waals surface area contributed by atoms with Crippen molar-refractivity contribution in [2.24, 2.45) is 5.92 Å². The first-order valence-electron chi connectivity index (χ1n) is 8.65. The molecule has 1 fully saturated rings. The normalized spacial score (nSPS) is 16.4. The topological polar surface area (TPSA) is 76.1 Å². The molecule has 9 heteroatoms. The van der Waals surface area contributed by atoms with Gasteiger partial charge in [-0.05, 0) is 46.0 Å². The van der Waals surface area contributed by atoms with Gasteiger partial charge in [0.15, 0.2) is 15.0 Å². The molecule has 1 N–H and O–H groups in total. The average Bonchev–Trinajstić information content (AvgIpc) is 3.23. The van der Waals surface area contributed by atoms with Crippen LogP contribution in [0.5, 0.6) is 0 Å². The number of carbonyl (C=O) groups excluding carboxylic acids is 1. The highest BCUT2D eigenvalue weighted by molar-refractivity contribution is 9.11. The van der Waals surface area contributed by atoms with E-state index in [0.717, 1.165) is 28.4 Å². The van der Waals surface area contributed by atoms with Gasteiger partial charge in [-0.3, -0.25) is 4.79 Å². The number of nitrogens with zero attached hydrogens (tertiary/aromatic N) is 1. The van der Waals surface area contributed by atoms with Crippen LogP contribution in [0, 0.1) is 5.92 Å². The van der Waals surface area contributed by atoms with Gasteiger partial charge in [-0.2, -0.15) is 0 Å². The van der Waals surface area contributed by atoms with E-state index in [1.165, 1.54) is 30.2 Å². The van der Waals surface area contributed by atoms with Gasteiger partial charge in [0.25, 0.3) is 0 Å². The molecule has 0 saturated heterocycles. The quantitative estimate of drug-likeness (QED) is 0.597. The summed E-state index contributed by atoms with van der Waals surface area (Å²) in [6.07, 6.45) is 8.08. The lowest BCUT2D eigenvalue weighted by atomic mass is 9.87. The van der Waals surface area contributed by atoms with Crippen LogP contribution >= 0.6 is 38.9 Å². The van der Waals surface area contributed by atoms with Crippen LogP contribution < -0.4 is 5.32 Å². The predicted molar refractivity (Wildman–Crippen MR) is 112 cm³/mol. The minimum Gasteiger partial charge on any atom is -0.301 e. The van der Waals surface area contributed by atoms with Crippen molar-refractivity contribution in [1.82, 2.24) is 4.98 Å². The van der Waals surface area contributed by atoms with E-state index in [1.54, 1.807) is 18.3 Å². The van der Waals surface area contributed by atoms with Crippen LogP contribution in [-0.4, -0.2) is 25.6 Å². The number of hydrogen-bond donors (Lipinski definition) is 1. The van der Waals surface area contributed by atoms with E-state index in [2.05, 4.69) is 26.2 Å². The molecule has 146 valence electrons. The number of carbonyl (C=O) groups is 1. The van der Waals surface area contributed by atoms with E-state index in [0.29, 0.717) is 17.5 Å². The summed E-state index contributed by atoms with van der Waals surface area (Å²) in [5, 5.41) is 3.56. The number of rotatable bonds is 6. The monoisotopic (exact) mass is 490 g/mol. The van der Waals surface area contributed by atoms with Crippen LogP contribution in [0.15, 0.2) is 33.1 Å². The van der Waals surface area contributed by atoms with Crippen LogP contribution in [-0.2, 0) is 14.6 Å². The second kappa shape index (κ2) is 8.59. The molecule has 1 amide bonds. The fraction of sp³-hybridized carbons (Fsp3) is 0.444. The lowest BCUT2D eigenvalue weighted by molar-refractivity contribution is -0.118. The molecular formula is C18H20BrClN2O3S2. The number of hydrogen-bond acceptors (Lipinski definition) is 5. The van der Waals surface area contributed by atoms with E-state index < -0.39 is 15.8 Å². The van der Waals surface area contributed by atoms with Gasteiger partial charge in [0, 0.05) is 6.26 Å². The molecule has 1 heterocycles. The number of nitrogens with one attached hydrogen (secondary N) is 1. The van der Waals surface area contributed by atoms with Crippen molar-refractivity contribution in [2.45, 2.75) is 42.9 Å². The lowest BCUT2D eigenvalue weighted by Gasteiger charge is -2.20. The summed E-state index contributed by atoms with van der Waals surface area (Å²) in [7, 11) is -3.41. The SMILES string of the molecule is CS(=O)(=O)c1ccc([C@@H](CC2CCCC2)C(=O)Nc2ncc(Br)s2)cc1Cl. The number of anilines is 1. The third-order valence-electron chi connectivity index (χ3n) is 4.83. The van der Waals surface area contributed by atoms with Gasteiger partial charge in [-0.1, -0.05) is 54.7 Å². The van der Waals surface area contributed by atoms with E-state index in [-0.39, 0.29) is 15.8 Å². The lowest BCUT2D eigenvalue weighted by Crippen LogP contribution is -2.23. The van der Waals surface area contributed by atoms with Crippen LogP contribution in [0.25, 0.3) is 0 Å². The first-order chi connectivity index (χ1) is 12.7. The highest BCUT2D eigenvalue weighted by Crippen LogP contribution is 2.37. The van der Waals surface area contributed by atoms with Crippen molar-refractivity contribution in [3.8, 4) is 0 Å². The molecule has 0 unspecified atom stereocenters. The first kappa shape index (κ1) is 20.8. The summed E-state index contributed by atoms with van der Waals surface area (Å²) in [6.45, 7) is 0. The Balaban J connectivity index is 1.89. The van der Waals surface area contributed by atoms with Crippen molar-refractivity contribution in [2.75, 3.05) is 11.6 Å². The zero-order valence-electron chi connectivity index (χ0n) is 14.7. The minimum atomic E-state index is -3.41. The average molecular weight is 492 g/mol. The molecule has 0 spiro atoms. The Morgan fingerprint density at radius 2 is 2.11 bits per heavy atom. The first-order valence-corrected chi connectivity index (χ1v) is 12.5. The highest BCUT2D eigenvalue weighted by Gasteiger charge is 2.28. The molecule has 0 radical (unpaired) electrons. The van der Waals surface area contributed by atoms with Gasteiger partial charge in [-0.25, -0.2) is 13.4 Å². The van der Waals surface area contributed by atoms with Gasteiger partial charge >= 0.3 is 0 Å². The van der Waals surface area contributed by atoms with Crippen LogP contribution in [0.4, 0.5) is 5.13 Å². The highest BCUT2D eigenvalue weighted by atomic mass is 79.9. The molecule has 1 aromatic heterocycles. The summed E-state index contributed by atoms with van der Waals surface area (Å²) in [5.74, 6) is -0.0639. The van der Waals surface area contributed by atoms with Crippen LogP contribution in [0.2, 0.25) is 5.02 Å². The van der Waals surface area contributed by atoms with Gasteiger partial charge in [0.05, 0.1) is 25.8 Å². The van der Waals surface area contributed by atoms with Crippen molar-refractivity contribution in [3.05, 3.63) is 38.8 Å². The van der Waals surface area contributed by atoms with Crippen LogP contribution in [0.3, 0.4) is 0 Å². The summed E-state index contributed by atoms with van der Waals surface area (Å²) >= 11 is 10.9. The Morgan fingerprint density at radius 1 is 1.41 bits per heavy atom. The van der Waals surface area contributed by atoms with Gasteiger partial charge in [0.2, 0.25) is 5.91 Å². The van der Waals surface area contributed by atoms with Crippen molar-refractivity contribution >= 4 is 59.7 Å². The molecule has 0 aliphatic heterocycles. The van der Waals surface area contributed by atoms with Gasteiger partial charge in [-0.15, -0.1) is 0 Å². The number of aromatic nitrogens is 1. The summed E-state index contributed by atoms with van der Waals surface area (Å²) in [6, 6.07) is 4.79. The Morgan fingerprint density at radius 3 is 2.67 bits per heavy atom. The third-order valence-corrected chi connectivity index (χ3v) is 7.80. The second-order valence-electron chi connectivity index (χ2n) is 6.86. The van der Waals surface area contributed by atoms with E-state index in [4.69, 9.17) is 11.6 Å². The van der Waals surface area contributed by atoms with Crippen molar-refractivity contribution < 1.29 is 13.2 Å². The smallest absolute Gasteiger partial charge is 0.233 e. The molecule has 1 saturated carbocycles. The fourth-order valence-electron chi connectivity index (χ4n) is 3.51. The van der Waals surface area contributed by atoms with Crippen molar-refractivity contribution in [1.29, 1.82) is 0 Å². The number of halogens is 2. The van der Waals surface area contributed by atoms with E-state index >= 15 is 0 Å². The standard InChI is InChI=1S/C18H20BrClN2O3S2/c1-27(24,25)15-7-6-12(9-14(15)20)13(8-11-4-2-3-5-11)17(23)22-18-21-10-16(19)26-18/h6-7,9-11,13H,2-5,8H2,1H3,(H,21,22,23)/t13-/m1/s1. The Hall–Kier alpha value is -0.960. The minimum absolute atomic E-state index is 0.0804. The molecule has 1 aliphatic rings. The number of amides is 1. The van der Waals surface area contributed by atoms with E-state index in [9.17, 15) is 13.2 Å². The maximum Gasteiger partial charge on any atom is 0.233 e. The Kier molecular flexibility index (Phi) is 6.61. The molecule has 1 aliphatic carbocycles. The van der Waals surface area contributed by atoms with Gasteiger partial charge in [0.1, 0.15) is 0 Å². The summed E-state index contributed by atoms with van der Waals surface area (Å²) in [4.78, 5) is 17.2. The molecule has 1 aromatic carbocycles. The molecule has 2 aromatic rings. The van der Waals surface area contributed by atoms with Crippen molar-refractivity contribution in [3.63, 3.8) is 0 Å². The maximum atomic E-state index is 13.0. The molecule has 5 nitrogen and oxygen atoms in total. The Bertz CT molecular complexity index is 940. The van der Waals surface area contributed by atoms with Gasteiger partial charge < -0.3 is 5.32 Å². The zero-order valence-corrected chi connectivity index (χ0v) is 18.7. The number of thiazole rings is 1. The Labute approximate surface area is 176 Å². The maximum absolute atomic E-state index is 13.0. The van der Waals surface area contributed by atoms with Crippen LogP contribution in [0.1, 0.15) is 43.6 Å². The fourth-order valence-corrected chi connectivity index (χ4v) is 5.96. The predicted octanol–water partition coefficient (Wildman–Crippen LogP) is 5.27. The summed E-state index contributed by atoms with van der Waals surface area (Å²) < 4.78 is 24.5. The molecule has 27 heavy (non-hydrogen) atoms. The largest absolute Gasteiger partial charge is 0.301 e. The molecule has 3 rings (SSSR count). The van der Waals surface area contributed by atoms with E-state index in [1.807, 2.05) is 0 Å². The number of benzene rings is 1. The molecule has 1 atom stereocenters. The number of sulfone groups is 1. The third kappa shape index (κ3) is 5.31. The molecular weight excluding hydrogens is 472 g/mol. The zero-order chi connectivity index (χ0) is 19.6. The summed E-state index contributed by atoms with van der Waals surface area (Å²) in [5.41, 5.74) is 0.729.